The molecule has 3 aliphatic heterocycles. The predicted molar refractivity (Wildman–Crippen MR) is 152 cm³/mol. The van der Waals surface area contributed by atoms with E-state index in [0.717, 1.165) is 0 Å². The fourth-order valence-corrected chi connectivity index (χ4v) is 7.36. The average molecular weight is 583 g/mol. The zero-order valence-corrected chi connectivity index (χ0v) is 24.2. The summed E-state index contributed by atoms with van der Waals surface area (Å²) in [6.07, 6.45) is 0.483. The van der Waals surface area contributed by atoms with Gasteiger partial charge in [0.2, 0.25) is 10.0 Å². The monoisotopic (exact) mass is 582 g/mol. The molecule has 0 saturated carbocycles. The van der Waals surface area contributed by atoms with Crippen molar-refractivity contribution in [1.82, 2.24) is 14.1 Å². The number of ketones is 1. The molecule has 0 bridgehead atoms. The lowest BCUT2D eigenvalue weighted by Gasteiger charge is -2.34. The summed E-state index contributed by atoms with van der Waals surface area (Å²) in [4.78, 5) is 46.3. The van der Waals surface area contributed by atoms with E-state index >= 15 is 0 Å². The van der Waals surface area contributed by atoms with E-state index in [1.807, 2.05) is 19.0 Å². The lowest BCUT2D eigenvalue weighted by Crippen LogP contribution is -2.52. The van der Waals surface area contributed by atoms with E-state index in [9.17, 15) is 27.9 Å². The normalized spacial score (nSPS) is 22.8. The number of carbonyl (C=O) groups excluding carboxylic acids is 3. The summed E-state index contributed by atoms with van der Waals surface area (Å²) in [6.45, 7) is 3.71. The Morgan fingerprint density at radius 1 is 1.05 bits per heavy atom. The summed E-state index contributed by atoms with van der Waals surface area (Å²) in [5, 5.41) is 11.7. The number of sulfonamides is 1. The van der Waals surface area contributed by atoms with Gasteiger partial charge in [0, 0.05) is 37.3 Å². The number of carbonyl (C=O) groups is 3. The topological polar surface area (TPSA) is 128 Å². The molecule has 2 fully saturated rings. The van der Waals surface area contributed by atoms with Gasteiger partial charge in [-0.3, -0.25) is 14.4 Å². The number of hydrogen-bond acceptors (Lipinski definition) is 8. The van der Waals surface area contributed by atoms with Crippen molar-refractivity contribution in [3.63, 3.8) is 0 Å². The minimum absolute atomic E-state index is 0.0187. The molecule has 2 amide bonds. The van der Waals surface area contributed by atoms with Gasteiger partial charge in [-0.05, 0) is 52.2 Å². The Labute approximate surface area is 239 Å². The van der Waals surface area contributed by atoms with Crippen LogP contribution in [0.5, 0.6) is 0 Å². The number of Topliss-reactive ketones (excluding diaryl/α,β-unsaturated/α-hetero) is 1. The number of aliphatic hydroxyl groups is 1. The lowest BCUT2D eigenvalue weighted by atomic mass is 9.82. The van der Waals surface area contributed by atoms with E-state index in [2.05, 4.69) is 0 Å². The van der Waals surface area contributed by atoms with Crippen molar-refractivity contribution < 1.29 is 32.6 Å². The van der Waals surface area contributed by atoms with Crippen LogP contribution in [0.25, 0.3) is 5.76 Å². The highest BCUT2D eigenvalue weighted by Crippen LogP contribution is 2.53. The second-order valence-electron chi connectivity index (χ2n) is 10.5. The third kappa shape index (κ3) is 4.55. The van der Waals surface area contributed by atoms with Gasteiger partial charge in [0.15, 0.2) is 5.54 Å². The molecule has 0 unspecified atom stereocenters. The number of benzene rings is 2. The molecule has 12 heteroatoms. The van der Waals surface area contributed by atoms with Crippen LogP contribution in [-0.2, 0) is 34.7 Å². The molecule has 0 radical (unpaired) electrons. The Kier molecular flexibility index (Phi) is 7.77. The molecule has 1 atom stereocenters. The molecule has 41 heavy (non-hydrogen) atoms. The molecule has 0 aliphatic carbocycles. The van der Waals surface area contributed by atoms with Crippen molar-refractivity contribution >= 4 is 39.1 Å². The van der Waals surface area contributed by atoms with Gasteiger partial charge in [0.25, 0.3) is 17.6 Å². The Bertz CT molecular complexity index is 1530. The summed E-state index contributed by atoms with van der Waals surface area (Å²) in [5.41, 5.74) is -1.24. The number of para-hydroxylation sites is 1. The van der Waals surface area contributed by atoms with Gasteiger partial charge >= 0.3 is 0 Å². The van der Waals surface area contributed by atoms with E-state index in [0.29, 0.717) is 24.2 Å². The lowest BCUT2D eigenvalue weighted by molar-refractivity contribution is -0.143. The van der Waals surface area contributed by atoms with Gasteiger partial charge in [-0.25, -0.2) is 8.42 Å². The number of nitrogens with zero attached hydrogens (tertiary/aromatic N) is 4. The number of rotatable bonds is 8. The SMILES string of the molecule is CCN1C(=O)[C@]2(C(=C(O)c3cccc(S(=O)(=O)N4CCOCC4)c3)C(=O)C(=O)N2CCCN(C)C)c2ccccc21. The zero-order chi connectivity index (χ0) is 29.5. The van der Waals surface area contributed by atoms with Gasteiger partial charge in [0.05, 0.1) is 29.4 Å². The van der Waals surface area contributed by atoms with Crippen LogP contribution < -0.4 is 4.90 Å². The molecule has 11 nitrogen and oxygen atoms in total. The first-order valence-corrected chi connectivity index (χ1v) is 15.0. The zero-order valence-electron chi connectivity index (χ0n) is 23.4. The van der Waals surface area contributed by atoms with E-state index in [1.54, 1.807) is 31.2 Å². The molecule has 3 aliphatic rings. The van der Waals surface area contributed by atoms with Crippen molar-refractivity contribution in [3.8, 4) is 0 Å². The second kappa shape index (κ2) is 11.0. The Balaban J connectivity index is 1.70. The molecule has 218 valence electrons. The Morgan fingerprint density at radius 2 is 1.76 bits per heavy atom. The molecule has 2 saturated heterocycles. The smallest absolute Gasteiger partial charge is 0.296 e. The number of fused-ring (bicyclic) bond motifs is 2. The van der Waals surface area contributed by atoms with Crippen LogP contribution in [0.2, 0.25) is 0 Å². The van der Waals surface area contributed by atoms with Crippen LogP contribution in [0.15, 0.2) is 59.0 Å². The fourth-order valence-electron chi connectivity index (χ4n) is 5.91. The number of amides is 2. The molecule has 3 heterocycles. The van der Waals surface area contributed by atoms with Crippen molar-refractivity contribution in [3.05, 3.63) is 65.2 Å². The van der Waals surface area contributed by atoms with E-state index in [4.69, 9.17) is 4.74 Å². The summed E-state index contributed by atoms with van der Waals surface area (Å²) < 4.78 is 33.3. The quantitative estimate of drug-likeness (QED) is 0.283. The van der Waals surface area contributed by atoms with Gasteiger partial charge in [-0.15, -0.1) is 0 Å². The second-order valence-corrected chi connectivity index (χ2v) is 12.4. The van der Waals surface area contributed by atoms with Crippen molar-refractivity contribution in [2.45, 2.75) is 23.8 Å². The highest BCUT2D eigenvalue weighted by Gasteiger charge is 2.66. The molecular formula is C29H34N4O7S. The van der Waals surface area contributed by atoms with Crippen LogP contribution in [0.1, 0.15) is 24.5 Å². The standard InChI is InChI=1S/C29H34N4O7S/c1-4-32-23-12-6-5-11-22(23)29(28(32)37)24(26(35)27(36)33(29)14-8-13-30(2)3)25(34)20-9-7-10-21(19-20)41(38,39)31-15-17-40-18-16-31/h5-7,9-12,19,34H,4,8,13-18H2,1-3H3/t29-/m1/s1. The van der Waals surface area contributed by atoms with Crippen LogP contribution in [0, 0.1) is 0 Å². The van der Waals surface area contributed by atoms with Gasteiger partial charge < -0.3 is 24.5 Å². The summed E-state index contributed by atoms with van der Waals surface area (Å²) in [6, 6.07) is 12.5. The summed E-state index contributed by atoms with van der Waals surface area (Å²) in [5.74, 6) is -2.99. The van der Waals surface area contributed by atoms with E-state index in [-0.39, 0.29) is 55.4 Å². The maximum atomic E-state index is 14.3. The number of anilines is 1. The minimum atomic E-state index is -3.92. The maximum Gasteiger partial charge on any atom is 0.296 e. The molecule has 2 aromatic carbocycles. The van der Waals surface area contributed by atoms with E-state index < -0.39 is 38.9 Å². The number of hydrogen-bond donors (Lipinski definition) is 1. The highest BCUT2D eigenvalue weighted by atomic mass is 32.2. The van der Waals surface area contributed by atoms with Crippen molar-refractivity contribution in [2.75, 3.05) is 64.9 Å². The number of likely N-dealkylation sites (N-methyl/N-ethyl adjacent to an activating group) is 1. The third-order valence-electron chi connectivity index (χ3n) is 7.83. The molecular weight excluding hydrogens is 548 g/mol. The molecule has 1 N–H and O–H groups in total. The largest absolute Gasteiger partial charge is 0.507 e. The van der Waals surface area contributed by atoms with Gasteiger partial charge in [-0.1, -0.05) is 30.3 Å². The Hall–Kier alpha value is -3.58. The molecule has 0 aromatic heterocycles. The van der Waals surface area contributed by atoms with E-state index in [1.165, 1.54) is 38.4 Å². The number of likely N-dealkylation sites (tertiary alicyclic amines) is 1. The number of ether oxygens (including phenoxy) is 1. The first-order chi connectivity index (χ1) is 19.6. The fraction of sp³-hybridized carbons (Fsp3) is 0.414. The number of morpholine rings is 1. The highest BCUT2D eigenvalue weighted by molar-refractivity contribution is 7.89. The van der Waals surface area contributed by atoms with Crippen LogP contribution >= 0.6 is 0 Å². The van der Waals surface area contributed by atoms with Crippen molar-refractivity contribution in [1.29, 1.82) is 0 Å². The molecule has 1 spiro atoms. The predicted octanol–water partition coefficient (Wildman–Crippen LogP) is 1.60. The summed E-state index contributed by atoms with van der Waals surface area (Å²) >= 11 is 0. The van der Waals surface area contributed by atoms with Crippen LogP contribution in [-0.4, -0.2) is 105 Å². The molecule has 2 aromatic rings. The first-order valence-electron chi connectivity index (χ1n) is 13.6. The molecule has 5 rings (SSSR count). The van der Waals surface area contributed by atoms with Gasteiger partial charge in [0.1, 0.15) is 5.76 Å². The average Bonchev–Trinajstić information content (AvgIpc) is 3.35. The van der Waals surface area contributed by atoms with Crippen molar-refractivity contribution in [2.24, 2.45) is 0 Å². The van der Waals surface area contributed by atoms with Crippen LogP contribution in [0.4, 0.5) is 5.69 Å². The Morgan fingerprint density at radius 3 is 2.44 bits per heavy atom. The minimum Gasteiger partial charge on any atom is -0.507 e. The van der Waals surface area contributed by atoms with Crippen LogP contribution in [0.3, 0.4) is 0 Å². The number of aliphatic hydroxyl groups excluding tert-OH is 1. The first kappa shape index (κ1) is 28.9. The van der Waals surface area contributed by atoms with Gasteiger partial charge in [-0.2, -0.15) is 4.31 Å². The summed E-state index contributed by atoms with van der Waals surface area (Å²) in [7, 11) is -0.148. The third-order valence-corrected chi connectivity index (χ3v) is 9.72. The maximum absolute atomic E-state index is 14.3.